The van der Waals surface area contributed by atoms with Crippen molar-refractivity contribution in [3.05, 3.63) is 16.0 Å². The summed E-state index contributed by atoms with van der Waals surface area (Å²) >= 11 is 0. The molecule has 50 valence electrons. The summed E-state index contributed by atoms with van der Waals surface area (Å²) in [4.78, 5) is 10.9. The Morgan fingerprint density at radius 1 is 1.67 bits per heavy atom. The van der Waals surface area contributed by atoms with Crippen molar-refractivity contribution in [3.8, 4) is 0 Å². The molecule has 1 aromatic rings. The average Bonchev–Trinajstić information content (AvgIpc) is 1.98. The molecular weight excluding hydrogens is 118 g/mol. The van der Waals surface area contributed by atoms with E-state index in [-0.39, 0.29) is 5.56 Å². The molecule has 0 unspecified atom stereocenters. The predicted molar refractivity (Wildman–Crippen MR) is 31.9 cm³/mol. The van der Waals surface area contributed by atoms with Crippen molar-refractivity contribution in [2.24, 2.45) is 14.1 Å². The molecule has 4 heteroatoms. The summed E-state index contributed by atoms with van der Waals surface area (Å²) in [5.74, 6) is 0. The van der Waals surface area contributed by atoms with Crippen molar-refractivity contribution >= 4 is 0 Å². The van der Waals surface area contributed by atoms with Crippen LogP contribution in [0.15, 0.2) is 4.79 Å². The summed E-state index contributed by atoms with van der Waals surface area (Å²) in [5, 5.41) is 2.80. The Labute approximate surface area is 52.7 Å². The van der Waals surface area contributed by atoms with Crippen molar-refractivity contribution in [2.45, 2.75) is 6.92 Å². The van der Waals surface area contributed by atoms with E-state index < -0.39 is 0 Å². The zero-order valence-electron chi connectivity index (χ0n) is 5.80. The maximum atomic E-state index is 10.9. The molecule has 9 heavy (non-hydrogen) atoms. The first-order valence-electron chi connectivity index (χ1n) is 2.74. The van der Waals surface area contributed by atoms with Crippen molar-refractivity contribution in [2.75, 3.05) is 0 Å². The SMILES string of the molecule is Cc1c(=O)n(C)[nH][n+]1C. The minimum Gasteiger partial charge on any atom is -0.235 e. The van der Waals surface area contributed by atoms with E-state index in [0.29, 0.717) is 0 Å². The Morgan fingerprint density at radius 2 is 2.22 bits per heavy atom. The Morgan fingerprint density at radius 3 is 2.33 bits per heavy atom. The summed E-state index contributed by atoms with van der Waals surface area (Å²) < 4.78 is 3.12. The van der Waals surface area contributed by atoms with Crippen molar-refractivity contribution in [1.82, 2.24) is 9.90 Å². The van der Waals surface area contributed by atoms with Gasteiger partial charge >= 0.3 is 5.56 Å². The Balaban J connectivity index is 3.48. The number of nitrogens with zero attached hydrogens (tertiary/aromatic N) is 2. The smallest absolute Gasteiger partial charge is 0.235 e. The van der Waals surface area contributed by atoms with Gasteiger partial charge in [-0.2, -0.15) is 4.68 Å². The number of nitrogens with one attached hydrogen (secondary N) is 1. The Kier molecular flexibility index (Phi) is 1.16. The Bertz CT molecular complexity index is 270. The highest BCUT2D eigenvalue weighted by atomic mass is 16.1. The molecule has 0 aromatic carbocycles. The van der Waals surface area contributed by atoms with Gasteiger partial charge in [-0.25, -0.2) is 4.79 Å². The van der Waals surface area contributed by atoms with E-state index in [1.165, 1.54) is 4.68 Å². The van der Waals surface area contributed by atoms with E-state index in [9.17, 15) is 4.79 Å². The van der Waals surface area contributed by atoms with Crippen LogP contribution in [-0.4, -0.2) is 9.90 Å². The highest BCUT2D eigenvalue weighted by molar-refractivity contribution is 4.80. The number of aromatic amines is 1. The molecule has 0 bridgehead atoms. The topological polar surface area (TPSA) is 41.7 Å². The normalized spacial score (nSPS) is 10.1. The lowest BCUT2D eigenvalue weighted by Gasteiger charge is -1.78. The molecule has 1 aromatic heterocycles. The van der Waals surface area contributed by atoms with Crippen LogP contribution < -0.4 is 10.2 Å². The third-order valence-corrected chi connectivity index (χ3v) is 1.42. The van der Waals surface area contributed by atoms with Crippen LogP contribution in [0.3, 0.4) is 0 Å². The van der Waals surface area contributed by atoms with Crippen LogP contribution in [0.1, 0.15) is 5.69 Å². The van der Waals surface area contributed by atoms with E-state index in [4.69, 9.17) is 0 Å². The van der Waals surface area contributed by atoms with E-state index in [2.05, 4.69) is 5.21 Å². The molecule has 1 rings (SSSR count). The van der Waals surface area contributed by atoms with E-state index >= 15 is 0 Å². The molecule has 0 aliphatic heterocycles. The third kappa shape index (κ3) is 0.759. The summed E-state index contributed by atoms with van der Waals surface area (Å²) in [5.41, 5.74) is 0.745. The predicted octanol–water partition coefficient (Wildman–Crippen LogP) is -1.15. The molecule has 0 aliphatic rings. The number of H-pyrrole nitrogens is 1. The first-order chi connectivity index (χ1) is 4.13. The molecule has 1 N–H and O–H groups in total. The van der Waals surface area contributed by atoms with Crippen LogP contribution in [0, 0.1) is 6.92 Å². The lowest BCUT2D eigenvalue weighted by molar-refractivity contribution is -0.737. The number of rotatable bonds is 0. The van der Waals surface area contributed by atoms with Gasteiger partial charge in [0.2, 0.25) is 5.69 Å². The van der Waals surface area contributed by atoms with Crippen molar-refractivity contribution in [1.29, 1.82) is 0 Å². The second-order valence-corrected chi connectivity index (χ2v) is 2.11. The van der Waals surface area contributed by atoms with E-state index in [1.807, 2.05) is 0 Å². The van der Waals surface area contributed by atoms with Crippen LogP contribution in [0.2, 0.25) is 0 Å². The van der Waals surface area contributed by atoms with Gasteiger partial charge in [-0.1, -0.05) is 5.21 Å². The first kappa shape index (κ1) is 6.07. The van der Waals surface area contributed by atoms with Gasteiger partial charge in [0.15, 0.2) is 0 Å². The van der Waals surface area contributed by atoms with Gasteiger partial charge in [0.25, 0.3) is 0 Å². The van der Waals surface area contributed by atoms with Crippen molar-refractivity contribution in [3.63, 3.8) is 0 Å². The molecule has 0 saturated carbocycles. The lowest BCUT2D eigenvalue weighted by Crippen LogP contribution is -2.34. The first-order valence-corrected chi connectivity index (χ1v) is 2.74. The summed E-state index contributed by atoms with van der Waals surface area (Å²) in [6.45, 7) is 1.78. The third-order valence-electron chi connectivity index (χ3n) is 1.42. The number of aryl methyl sites for hydroxylation is 2. The molecule has 0 spiro atoms. The summed E-state index contributed by atoms with van der Waals surface area (Å²) in [6, 6.07) is 0. The van der Waals surface area contributed by atoms with Crippen LogP contribution in [0.25, 0.3) is 0 Å². The fourth-order valence-electron chi connectivity index (χ4n) is 0.732. The van der Waals surface area contributed by atoms with Gasteiger partial charge in [-0.3, -0.25) is 0 Å². The number of aromatic nitrogens is 3. The van der Waals surface area contributed by atoms with Gasteiger partial charge in [-0.15, -0.1) is 4.68 Å². The van der Waals surface area contributed by atoms with E-state index in [0.717, 1.165) is 5.69 Å². The van der Waals surface area contributed by atoms with Crippen LogP contribution in [0.4, 0.5) is 0 Å². The fourth-order valence-corrected chi connectivity index (χ4v) is 0.732. The van der Waals surface area contributed by atoms with Gasteiger partial charge in [0.05, 0.1) is 0 Å². The second kappa shape index (κ2) is 1.72. The molecule has 1 heterocycles. The zero-order valence-corrected chi connectivity index (χ0v) is 5.80. The molecular formula is C5H10N3O+. The monoisotopic (exact) mass is 128 g/mol. The summed E-state index contributed by atoms with van der Waals surface area (Å²) in [7, 11) is 3.49. The summed E-state index contributed by atoms with van der Waals surface area (Å²) in [6.07, 6.45) is 0. The number of hydrogen-bond donors (Lipinski definition) is 1. The molecule has 0 aliphatic carbocycles. The molecule has 0 radical (unpaired) electrons. The number of hydrogen-bond acceptors (Lipinski definition) is 1. The maximum absolute atomic E-state index is 10.9. The average molecular weight is 128 g/mol. The van der Waals surface area contributed by atoms with Crippen LogP contribution in [-0.2, 0) is 14.1 Å². The molecule has 0 fully saturated rings. The maximum Gasteiger partial charge on any atom is 0.395 e. The zero-order chi connectivity index (χ0) is 7.02. The van der Waals surface area contributed by atoms with Gasteiger partial charge in [-0.05, 0) is 0 Å². The van der Waals surface area contributed by atoms with Crippen LogP contribution >= 0.6 is 0 Å². The largest absolute Gasteiger partial charge is 0.395 e. The highest BCUT2D eigenvalue weighted by Gasteiger charge is 2.08. The Hall–Kier alpha value is -1.06. The molecule has 0 saturated heterocycles. The fraction of sp³-hybridized carbons (Fsp3) is 0.600. The highest BCUT2D eigenvalue weighted by Crippen LogP contribution is 1.69. The van der Waals surface area contributed by atoms with Crippen LogP contribution in [0.5, 0.6) is 0 Å². The van der Waals surface area contributed by atoms with Gasteiger partial charge in [0, 0.05) is 6.92 Å². The quantitative estimate of drug-likeness (QED) is 0.440. The van der Waals surface area contributed by atoms with E-state index in [1.54, 1.807) is 25.7 Å². The lowest BCUT2D eigenvalue weighted by atomic mass is 10.5. The second-order valence-electron chi connectivity index (χ2n) is 2.11. The molecule has 0 atom stereocenters. The minimum atomic E-state index is 0.0255. The molecule has 4 nitrogen and oxygen atoms in total. The van der Waals surface area contributed by atoms with Crippen molar-refractivity contribution < 1.29 is 4.68 Å². The minimum absolute atomic E-state index is 0.0255. The van der Waals surface area contributed by atoms with Gasteiger partial charge < -0.3 is 0 Å². The standard InChI is InChI=1S/C5H9N3O/c1-4-5(9)8(3)6-7(4)2/h1-3H3/p+1. The molecule has 0 amide bonds. The van der Waals surface area contributed by atoms with Gasteiger partial charge in [0.1, 0.15) is 14.1 Å².